The van der Waals surface area contributed by atoms with E-state index in [9.17, 15) is 9.18 Å². The fraction of sp³-hybridized carbons (Fsp3) is 0.217. The summed E-state index contributed by atoms with van der Waals surface area (Å²) in [4.78, 5) is 25.9. The molecule has 0 fully saturated rings. The Morgan fingerprint density at radius 3 is 2.77 bits per heavy atom. The molecule has 1 aliphatic rings. The molecule has 6 nitrogen and oxygen atoms in total. The molecule has 0 bridgehead atoms. The molecule has 1 amide bonds. The first-order valence-corrected chi connectivity index (χ1v) is 9.62. The van der Waals surface area contributed by atoms with Gasteiger partial charge in [-0.1, -0.05) is 6.07 Å². The van der Waals surface area contributed by atoms with Crippen LogP contribution in [0.15, 0.2) is 65.9 Å². The molecule has 1 atom stereocenters. The van der Waals surface area contributed by atoms with E-state index < -0.39 is 0 Å². The number of benzene rings is 1. The Balaban J connectivity index is 1.45. The number of aliphatic imine (C=N–C) groups is 1. The van der Waals surface area contributed by atoms with E-state index in [4.69, 9.17) is 4.74 Å². The van der Waals surface area contributed by atoms with Crippen LogP contribution in [0.1, 0.15) is 34.1 Å². The number of nitrogens with zero attached hydrogens (tertiary/aromatic N) is 3. The van der Waals surface area contributed by atoms with E-state index in [0.29, 0.717) is 18.8 Å². The second-order valence-corrected chi connectivity index (χ2v) is 7.01. The molecule has 1 aromatic carbocycles. The van der Waals surface area contributed by atoms with Gasteiger partial charge in [0.25, 0.3) is 0 Å². The summed E-state index contributed by atoms with van der Waals surface area (Å²) in [7, 11) is 1.59. The molecular weight excluding hydrogens is 383 g/mol. The maximum Gasteiger partial charge on any atom is 0.226 e. The first kappa shape index (κ1) is 19.8. The minimum absolute atomic E-state index is 0.145. The van der Waals surface area contributed by atoms with Gasteiger partial charge in [-0.05, 0) is 48.0 Å². The topological polar surface area (TPSA) is 76.5 Å². The van der Waals surface area contributed by atoms with E-state index in [-0.39, 0.29) is 24.2 Å². The average molecular weight is 404 g/mol. The molecule has 0 unspecified atom stereocenters. The van der Waals surface area contributed by atoms with Crippen molar-refractivity contribution in [2.45, 2.75) is 19.0 Å². The van der Waals surface area contributed by atoms with Crippen LogP contribution in [0.3, 0.4) is 0 Å². The lowest BCUT2D eigenvalue weighted by Gasteiger charge is -2.17. The Labute approximate surface area is 173 Å². The van der Waals surface area contributed by atoms with Crippen molar-refractivity contribution in [3.63, 3.8) is 0 Å². The van der Waals surface area contributed by atoms with Crippen molar-refractivity contribution >= 4 is 11.6 Å². The quantitative estimate of drug-likeness (QED) is 0.657. The number of amides is 1. The summed E-state index contributed by atoms with van der Waals surface area (Å²) in [6, 6.07) is 13.4. The number of ether oxygens (including phenoxy) is 1. The van der Waals surface area contributed by atoms with Crippen LogP contribution in [-0.4, -0.2) is 35.3 Å². The largest absolute Gasteiger partial charge is 0.382 e. The van der Waals surface area contributed by atoms with Gasteiger partial charge in [-0.25, -0.2) is 4.39 Å². The SMILES string of the molecule is COC[C@@H](NC(=O)Cc1cc2c(cn1)C(c1ccc(F)cc1)=NC2)c1ccccn1. The van der Waals surface area contributed by atoms with Crippen LogP contribution in [0.2, 0.25) is 0 Å². The molecule has 3 heterocycles. The highest BCUT2D eigenvalue weighted by Crippen LogP contribution is 2.23. The number of carbonyl (C=O) groups excluding carboxylic acids is 1. The molecule has 0 aliphatic carbocycles. The van der Waals surface area contributed by atoms with Crippen molar-refractivity contribution in [1.29, 1.82) is 0 Å². The van der Waals surface area contributed by atoms with Crippen LogP contribution in [-0.2, 0) is 22.5 Å². The van der Waals surface area contributed by atoms with E-state index in [1.54, 1.807) is 31.6 Å². The first-order chi connectivity index (χ1) is 14.6. The summed E-state index contributed by atoms with van der Waals surface area (Å²) < 4.78 is 18.4. The molecular formula is C23H21FN4O2. The standard InChI is InChI=1S/C23H21FN4O2/c1-30-14-21(20-4-2-3-9-25-20)28-22(29)11-18-10-16-12-27-23(19(16)13-26-18)15-5-7-17(24)8-6-15/h2-10,13,21H,11-12,14H2,1H3,(H,28,29)/t21-/m1/s1. The number of nitrogens with one attached hydrogen (secondary N) is 1. The van der Waals surface area contributed by atoms with E-state index >= 15 is 0 Å². The lowest BCUT2D eigenvalue weighted by Crippen LogP contribution is -2.33. The highest BCUT2D eigenvalue weighted by atomic mass is 19.1. The zero-order valence-electron chi connectivity index (χ0n) is 16.5. The van der Waals surface area contributed by atoms with Crippen molar-refractivity contribution in [3.8, 4) is 0 Å². The third-order valence-electron chi connectivity index (χ3n) is 4.88. The second kappa shape index (κ2) is 8.92. The summed E-state index contributed by atoms with van der Waals surface area (Å²) in [6.45, 7) is 0.842. The van der Waals surface area contributed by atoms with Crippen LogP contribution in [0, 0.1) is 5.82 Å². The fourth-order valence-corrected chi connectivity index (χ4v) is 3.45. The number of hydrogen-bond acceptors (Lipinski definition) is 5. The van der Waals surface area contributed by atoms with Gasteiger partial charge >= 0.3 is 0 Å². The molecule has 30 heavy (non-hydrogen) atoms. The monoisotopic (exact) mass is 404 g/mol. The molecule has 3 aromatic rings. The maximum absolute atomic E-state index is 13.2. The molecule has 0 saturated carbocycles. The summed E-state index contributed by atoms with van der Waals surface area (Å²) in [5.41, 5.74) is 4.97. The van der Waals surface area contributed by atoms with Gasteiger partial charge in [-0.3, -0.25) is 19.8 Å². The zero-order chi connectivity index (χ0) is 20.9. The Bertz CT molecular complexity index is 1070. The Kier molecular flexibility index (Phi) is 5.90. The van der Waals surface area contributed by atoms with Gasteiger partial charge in [0.05, 0.1) is 42.7 Å². The molecule has 4 rings (SSSR count). The third kappa shape index (κ3) is 4.41. The van der Waals surface area contributed by atoms with Gasteiger partial charge in [-0.2, -0.15) is 0 Å². The number of rotatable bonds is 7. The van der Waals surface area contributed by atoms with Crippen LogP contribution in [0.5, 0.6) is 0 Å². The lowest BCUT2D eigenvalue weighted by molar-refractivity contribution is -0.121. The molecule has 0 spiro atoms. The van der Waals surface area contributed by atoms with Crippen LogP contribution < -0.4 is 5.32 Å². The number of hydrogen-bond donors (Lipinski definition) is 1. The molecule has 0 radical (unpaired) electrons. The van der Waals surface area contributed by atoms with Crippen molar-refractivity contribution in [2.24, 2.45) is 4.99 Å². The van der Waals surface area contributed by atoms with E-state index in [1.807, 2.05) is 24.3 Å². The molecule has 2 aromatic heterocycles. The molecule has 0 saturated heterocycles. The summed E-state index contributed by atoms with van der Waals surface area (Å²) in [5, 5.41) is 2.96. The van der Waals surface area contributed by atoms with Crippen molar-refractivity contribution in [1.82, 2.24) is 15.3 Å². The summed E-state index contributed by atoms with van der Waals surface area (Å²) in [6.07, 6.45) is 3.57. The minimum Gasteiger partial charge on any atom is -0.382 e. The first-order valence-electron chi connectivity index (χ1n) is 9.62. The smallest absolute Gasteiger partial charge is 0.226 e. The normalized spacial score (nSPS) is 13.5. The number of fused-ring (bicyclic) bond motifs is 1. The van der Waals surface area contributed by atoms with Gasteiger partial charge in [0.2, 0.25) is 5.91 Å². The van der Waals surface area contributed by atoms with Crippen LogP contribution in [0.4, 0.5) is 4.39 Å². The number of aromatic nitrogens is 2. The minimum atomic E-state index is -0.327. The highest BCUT2D eigenvalue weighted by molar-refractivity contribution is 6.14. The predicted octanol–water partition coefficient (Wildman–Crippen LogP) is 3.01. The van der Waals surface area contributed by atoms with Crippen molar-refractivity contribution in [2.75, 3.05) is 13.7 Å². The van der Waals surface area contributed by atoms with Crippen LogP contribution >= 0.6 is 0 Å². The number of methoxy groups -OCH3 is 1. The van der Waals surface area contributed by atoms with Gasteiger partial charge < -0.3 is 10.1 Å². The van der Waals surface area contributed by atoms with Crippen molar-refractivity contribution in [3.05, 3.63) is 94.8 Å². The van der Waals surface area contributed by atoms with Gasteiger partial charge in [0, 0.05) is 30.6 Å². The molecule has 1 N–H and O–H groups in total. The zero-order valence-corrected chi connectivity index (χ0v) is 16.5. The molecule has 152 valence electrons. The van der Waals surface area contributed by atoms with Gasteiger partial charge in [0.1, 0.15) is 5.82 Å². The Hall–Kier alpha value is -3.45. The number of pyridine rings is 2. The third-order valence-corrected chi connectivity index (χ3v) is 4.88. The second-order valence-electron chi connectivity index (χ2n) is 7.01. The van der Waals surface area contributed by atoms with E-state index in [0.717, 1.165) is 28.1 Å². The maximum atomic E-state index is 13.2. The number of carbonyl (C=O) groups is 1. The van der Waals surface area contributed by atoms with Gasteiger partial charge in [0.15, 0.2) is 0 Å². The summed E-state index contributed by atoms with van der Waals surface area (Å²) >= 11 is 0. The van der Waals surface area contributed by atoms with E-state index in [2.05, 4.69) is 20.3 Å². The summed E-state index contributed by atoms with van der Waals surface area (Å²) in [5.74, 6) is -0.442. The Morgan fingerprint density at radius 2 is 2.03 bits per heavy atom. The Morgan fingerprint density at radius 1 is 1.20 bits per heavy atom. The average Bonchev–Trinajstić information content (AvgIpc) is 3.18. The van der Waals surface area contributed by atoms with E-state index in [1.165, 1.54) is 12.1 Å². The molecule has 1 aliphatic heterocycles. The predicted molar refractivity (Wildman–Crippen MR) is 111 cm³/mol. The van der Waals surface area contributed by atoms with Crippen molar-refractivity contribution < 1.29 is 13.9 Å². The number of halogens is 1. The van der Waals surface area contributed by atoms with Crippen LogP contribution in [0.25, 0.3) is 0 Å². The molecule has 7 heteroatoms. The fourth-order valence-electron chi connectivity index (χ4n) is 3.45. The lowest BCUT2D eigenvalue weighted by atomic mass is 10.0. The highest BCUT2D eigenvalue weighted by Gasteiger charge is 2.20. The van der Waals surface area contributed by atoms with Gasteiger partial charge in [-0.15, -0.1) is 0 Å².